The van der Waals surface area contributed by atoms with Crippen molar-refractivity contribution in [3.05, 3.63) is 84.2 Å². The summed E-state index contributed by atoms with van der Waals surface area (Å²) in [6.45, 7) is 4.02. The third-order valence-electron chi connectivity index (χ3n) is 4.78. The fourth-order valence-electron chi connectivity index (χ4n) is 3.58. The van der Waals surface area contributed by atoms with Gasteiger partial charge in [-0.3, -0.25) is 0 Å². The fraction of sp³-hybridized carbons (Fsp3) is 0.227. The van der Waals surface area contributed by atoms with Gasteiger partial charge in [0.2, 0.25) is 0 Å². The molecule has 1 unspecified atom stereocenters. The first kappa shape index (κ1) is 17.2. The highest BCUT2D eigenvalue weighted by molar-refractivity contribution is 5.75. The Labute approximate surface area is 159 Å². The van der Waals surface area contributed by atoms with Crippen molar-refractivity contribution >= 4 is 6.03 Å². The van der Waals surface area contributed by atoms with Gasteiger partial charge in [0.05, 0.1) is 6.04 Å². The first-order valence-corrected chi connectivity index (χ1v) is 9.28. The van der Waals surface area contributed by atoms with Crippen LogP contribution in [0.1, 0.15) is 24.2 Å². The van der Waals surface area contributed by atoms with Crippen LogP contribution in [0.25, 0.3) is 0 Å². The quantitative estimate of drug-likeness (QED) is 0.748. The van der Waals surface area contributed by atoms with Gasteiger partial charge < -0.3 is 19.5 Å². The number of rotatable bonds is 4. The number of urea groups is 1. The molecule has 138 valence electrons. The number of nitrogens with zero attached hydrogens (tertiary/aromatic N) is 2. The third-order valence-corrected chi connectivity index (χ3v) is 4.78. The van der Waals surface area contributed by atoms with Crippen molar-refractivity contribution < 1.29 is 9.53 Å². The maximum absolute atomic E-state index is 12.7. The third kappa shape index (κ3) is 3.53. The van der Waals surface area contributed by atoms with E-state index >= 15 is 0 Å². The van der Waals surface area contributed by atoms with Crippen LogP contribution in [0.5, 0.6) is 11.5 Å². The number of amides is 2. The molecule has 2 aromatic carbocycles. The molecular formula is C22H23N3O2. The van der Waals surface area contributed by atoms with Crippen LogP contribution in [0.3, 0.4) is 0 Å². The summed E-state index contributed by atoms with van der Waals surface area (Å²) in [5.41, 5.74) is 2.15. The lowest BCUT2D eigenvalue weighted by molar-refractivity contribution is 0.169. The van der Waals surface area contributed by atoms with Crippen molar-refractivity contribution in [2.45, 2.75) is 19.5 Å². The number of benzene rings is 2. The highest BCUT2D eigenvalue weighted by Crippen LogP contribution is 2.34. The maximum Gasteiger partial charge on any atom is 0.318 e. The lowest BCUT2D eigenvalue weighted by Crippen LogP contribution is -2.47. The number of carbonyl (C=O) groups excluding carboxylic acids is 1. The lowest BCUT2D eigenvalue weighted by Gasteiger charge is -2.37. The molecule has 0 radical (unpaired) electrons. The van der Waals surface area contributed by atoms with Crippen molar-refractivity contribution in [2.24, 2.45) is 0 Å². The maximum atomic E-state index is 12.7. The predicted octanol–water partition coefficient (Wildman–Crippen LogP) is 4.41. The zero-order valence-electron chi connectivity index (χ0n) is 15.3. The van der Waals surface area contributed by atoms with Crippen molar-refractivity contribution in [3.63, 3.8) is 0 Å². The number of aromatic nitrogens is 1. The molecule has 0 saturated carbocycles. The van der Waals surface area contributed by atoms with E-state index in [0.29, 0.717) is 13.1 Å². The minimum atomic E-state index is -0.139. The van der Waals surface area contributed by atoms with Crippen molar-refractivity contribution in [2.75, 3.05) is 13.1 Å². The average molecular weight is 361 g/mol. The Morgan fingerprint density at radius 2 is 1.85 bits per heavy atom. The Morgan fingerprint density at radius 3 is 2.67 bits per heavy atom. The Bertz CT molecular complexity index is 920. The average Bonchev–Trinajstić information content (AvgIpc) is 3.17. The van der Waals surface area contributed by atoms with Crippen LogP contribution in [0.15, 0.2) is 72.9 Å². The van der Waals surface area contributed by atoms with Gasteiger partial charge in [0.25, 0.3) is 0 Å². The highest BCUT2D eigenvalue weighted by atomic mass is 16.5. The molecule has 5 heteroatoms. The SMILES string of the molecule is CCNC(=O)N1CCn2cccc2C1c1cccc(Oc2ccccc2)c1. The van der Waals surface area contributed by atoms with Gasteiger partial charge >= 0.3 is 6.03 Å². The molecule has 1 atom stereocenters. The van der Waals surface area contributed by atoms with E-state index in [2.05, 4.69) is 28.2 Å². The summed E-state index contributed by atoms with van der Waals surface area (Å²) >= 11 is 0. The van der Waals surface area contributed by atoms with Crippen molar-refractivity contribution in [1.29, 1.82) is 0 Å². The van der Waals surface area contributed by atoms with E-state index in [1.165, 1.54) is 0 Å². The van der Waals surface area contributed by atoms with Crippen LogP contribution in [0.2, 0.25) is 0 Å². The Hall–Kier alpha value is -3.21. The first-order valence-electron chi connectivity index (χ1n) is 9.28. The van der Waals surface area contributed by atoms with Gasteiger partial charge in [-0.25, -0.2) is 4.79 Å². The molecule has 1 aliphatic heterocycles. The molecule has 0 bridgehead atoms. The largest absolute Gasteiger partial charge is 0.457 e. The van der Waals surface area contributed by atoms with Crippen LogP contribution >= 0.6 is 0 Å². The molecule has 4 rings (SSSR count). The van der Waals surface area contributed by atoms with E-state index < -0.39 is 0 Å². The number of carbonyl (C=O) groups is 1. The number of nitrogens with one attached hydrogen (secondary N) is 1. The van der Waals surface area contributed by atoms with Crippen LogP contribution in [-0.4, -0.2) is 28.6 Å². The monoisotopic (exact) mass is 361 g/mol. The normalized spacial score (nSPS) is 15.9. The minimum absolute atomic E-state index is 0.0377. The second-order valence-corrected chi connectivity index (χ2v) is 6.55. The smallest absolute Gasteiger partial charge is 0.318 e. The first-order chi connectivity index (χ1) is 13.3. The predicted molar refractivity (Wildman–Crippen MR) is 105 cm³/mol. The molecule has 1 N–H and O–H groups in total. The van der Waals surface area contributed by atoms with E-state index in [0.717, 1.165) is 29.3 Å². The molecule has 0 aliphatic carbocycles. The highest BCUT2D eigenvalue weighted by Gasteiger charge is 2.32. The summed E-state index contributed by atoms with van der Waals surface area (Å²) in [5.74, 6) is 1.56. The molecular weight excluding hydrogens is 338 g/mol. The molecule has 2 heterocycles. The minimum Gasteiger partial charge on any atom is -0.457 e. The summed E-state index contributed by atoms with van der Waals surface area (Å²) in [7, 11) is 0. The van der Waals surface area contributed by atoms with Crippen LogP contribution in [-0.2, 0) is 6.54 Å². The van der Waals surface area contributed by atoms with Crippen LogP contribution < -0.4 is 10.1 Å². The number of fused-ring (bicyclic) bond motifs is 1. The molecule has 2 amide bonds. The van der Waals surface area contributed by atoms with E-state index in [1.54, 1.807) is 0 Å². The Morgan fingerprint density at radius 1 is 1.04 bits per heavy atom. The van der Waals surface area contributed by atoms with E-state index in [1.807, 2.05) is 66.4 Å². The van der Waals surface area contributed by atoms with Crippen molar-refractivity contribution in [3.8, 4) is 11.5 Å². The Balaban J connectivity index is 1.69. The van der Waals surface area contributed by atoms with Gasteiger partial charge in [-0.2, -0.15) is 0 Å². The zero-order chi connectivity index (χ0) is 18.6. The molecule has 1 aliphatic rings. The van der Waals surface area contributed by atoms with Gasteiger partial charge in [-0.1, -0.05) is 30.3 Å². The molecule has 0 spiro atoms. The summed E-state index contributed by atoms with van der Waals surface area (Å²) in [4.78, 5) is 14.6. The van der Waals surface area contributed by atoms with Crippen LogP contribution in [0, 0.1) is 0 Å². The Kier molecular flexibility index (Phi) is 4.83. The van der Waals surface area contributed by atoms with E-state index in [9.17, 15) is 4.79 Å². The summed E-state index contributed by atoms with van der Waals surface area (Å²) in [6.07, 6.45) is 2.07. The number of hydrogen-bond donors (Lipinski definition) is 1. The van der Waals surface area contributed by atoms with Gasteiger partial charge in [0.15, 0.2) is 0 Å². The standard InChI is InChI=1S/C22H23N3O2/c1-2-23-22(26)25-15-14-24-13-7-12-20(24)21(25)17-8-6-11-19(16-17)27-18-9-4-3-5-10-18/h3-13,16,21H,2,14-15H2,1H3,(H,23,26). The van der Waals surface area contributed by atoms with E-state index in [-0.39, 0.29) is 12.1 Å². The van der Waals surface area contributed by atoms with Gasteiger partial charge in [-0.15, -0.1) is 0 Å². The second-order valence-electron chi connectivity index (χ2n) is 6.55. The second kappa shape index (κ2) is 7.58. The fourth-order valence-corrected chi connectivity index (χ4v) is 3.58. The summed E-state index contributed by atoms with van der Waals surface area (Å²) in [6, 6.07) is 21.7. The number of hydrogen-bond acceptors (Lipinski definition) is 2. The molecule has 5 nitrogen and oxygen atoms in total. The number of para-hydroxylation sites is 1. The summed E-state index contributed by atoms with van der Waals surface area (Å²) < 4.78 is 8.21. The van der Waals surface area contributed by atoms with Crippen LogP contribution in [0.4, 0.5) is 4.79 Å². The van der Waals surface area contributed by atoms with Gasteiger partial charge in [0, 0.05) is 31.5 Å². The topological polar surface area (TPSA) is 46.5 Å². The van der Waals surface area contributed by atoms with Gasteiger partial charge in [0.1, 0.15) is 11.5 Å². The van der Waals surface area contributed by atoms with Gasteiger partial charge in [-0.05, 0) is 48.9 Å². The lowest BCUT2D eigenvalue weighted by atomic mass is 10.00. The summed E-state index contributed by atoms with van der Waals surface area (Å²) in [5, 5.41) is 2.94. The molecule has 1 aromatic heterocycles. The van der Waals surface area contributed by atoms with E-state index in [4.69, 9.17) is 4.74 Å². The molecule has 0 fully saturated rings. The molecule has 3 aromatic rings. The molecule has 0 saturated heterocycles. The van der Waals surface area contributed by atoms with Crippen molar-refractivity contribution in [1.82, 2.24) is 14.8 Å². The number of ether oxygens (including phenoxy) is 1. The zero-order valence-corrected chi connectivity index (χ0v) is 15.3. The molecule has 27 heavy (non-hydrogen) atoms.